The van der Waals surface area contributed by atoms with Crippen molar-refractivity contribution >= 4 is 5.69 Å². The molecule has 4 nitrogen and oxygen atoms in total. The van der Waals surface area contributed by atoms with Crippen LogP contribution in [0.2, 0.25) is 0 Å². The first kappa shape index (κ1) is 13.3. The largest absolute Gasteiger partial charge is 0.388 e. The number of nitrogens with one attached hydrogen (secondary N) is 1. The molecule has 0 bridgehead atoms. The standard InChI is InChI=1S/C14H23N3O/c1-15-13-5-6-16-14(8-13)10-17-7-3-4-12(9-17)11-18-2/h5-6,8,12H,3-4,7,9-11H2,1-2H3,(H,15,16). The number of methoxy groups -OCH3 is 1. The van der Waals surface area contributed by atoms with Crippen LogP contribution in [-0.2, 0) is 11.3 Å². The Kier molecular flexibility index (Phi) is 4.96. The van der Waals surface area contributed by atoms with Gasteiger partial charge in [-0.3, -0.25) is 9.88 Å². The van der Waals surface area contributed by atoms with E-state index in [1.165, 1.54) is 19.4 Å². The molecular weight excluding hydrogens is 226 g/mol. The van der Waals surface area contributed by atoms with Crippen LogP contribution in [0.4, 0.5) is 5.69 Å². The number of pyridine rings is 1. The average Bonchev–Trinajstić information content (AvgIpc) is 2.40. The molecule has 0 saturated carbocycles. The van der Waals surface area contributed by atoms with Gasteiger partial charge in [-0.25, -0.2) is 0 Å². The molecule has 1 unspecified atom stereocenters. The van der Waals surface area contributed by atoms with Crippen molar-refractivity contribution in [3.05, 3.63) is 24.0 Å². The number of nitrogens with zero attached hydrogens (tertiary/aromatic N) is 2. The second-order valence-corrected chi connectivity index (χ2v) is 4.98. The molecule has 0 amide bonds. The van der Waals surface area contributed by atoms with E-state index in [1.807, 2.05) is 19.3 Å². The Labute approximate surface area is 109 Å². The van der Waals surface area contributed by atoms with E-state index in [9.17, 15) is 0 Å². The Bertz CT molecular complexity index is 368. The number of rotatable bonds is 5. The Morgan fingerprint density at radius 1 is 1.56 bits per heavy atom. The molecule has 0 radical (unpaired) electrons. The lowest BCUT2D eigenvalue weighted by Crippen LogP contribution is -2.36. The van der Waals surface area contributed by atoms with Gasteiger partial charge < -0.3 is 10.1 Å². The van der Waals surface area contributed by atoms with Gasteiger partial charge in [0.25, 0.3) is 0 Å². The molecule has 1 N–H and O–H groups in total. The van der Waals surface area contributed by atoms with Gasteiger partial charge in [-0.2, -0.15) is 0 Å². The molecule has 1 aromatic heterocycles. The van der Waals surface area contributed by atoms with Crippen molar-refractivity contribution in [2.75, 3.05) is 39.2 Å². The van der Waals surface area contributed by atoms with Gasteiger partial charge in [0.1, 0.15) is 0 Å². The minimum Gasteiger partial charge on any atom is -0.388 e. The lowest BCUT2D eigenvalue weighted by Gasteiger charge is -2.32. The first-order valence-electron chi connectivity index (χ1n) is 6.66. The van der Waals surface area contributed by atoms with Gasteiger partial charge in [-0.05, 0) is 37.4 Å². The summed E-state index contributed by atoms with van der Waals surface area (Å²) in [5.41, 5.74) is 2.27. The Balaban J connectivity index is 1.91. The van der Waals surface area contributed by atoms with Gasteiger partial charge >= 0.3 is 0 Å². The zero-order valence-corrected chi connectivity index (χ0v) is 11.4. The van der Waals surface area contributed by atoms with E-state index < -0.39 is 0 Å². The number of hydrogen-bond acceptors (Lipinski definition) is 4. The third-order valence-corrected chi connectivity index (χ3v) is 3.50. The van der Waals surface area contributed by atoms with Gasteiger partial charge in [0.15, 0.2) is 0 Å². The molecule has 0 spiro atoms. The third-order valence-electron chi connectivity index (χ3n) is 3.50. The van der Waals surface area contributed by atoms with Crippen LogP contribution in [0.5, 0.6) is 0 Å². The number of aromatic nitrogens is 1. The molecule has 1 aliphatic heterocycles. The topological polar surface area (TPSA) is 37.4 Å². The molecule has 0 aliphatic carbocycles. The zero-order valence-electron chi connectivity index (χ0n) is 11.4. The fourth-order valence-corrected chi connectivity index (χ4v) is 2.62. The molecule has 18 heavy (non-hydrogen) atoms. The van der Waals surface area contributed by atoms with Crippen molar-refractivity contribution in [2.24, 2.45) is 5.92 Å². The molecule has 1 fully saturated rings. The summed E-state index contributed by atoms with van der Waals surface area (Å²) in [5.74, 6) is 0.677. The van der Waals surface area contributed by atoms with Crippen LogP contribution < -0.4 is 5.32 Å². The van der Waals surface area contributed by atoms with E-state index in [0.717, 1.165) is 31.1 Å². The molecule has 1 saturated heterocycles. The van der Waals surface area contributed by atoms with Gasteiger partial charge in [-0.1, -0.05) is 0 Å². The number of ether oxygens (including phenoxy) is 1. The highest BCUT2D eigenvalue weighted by atomic mass is 16.5. The van der Waals surface area contributed by atoms with Crippen LogP contribution in [-0.4, -0.2) is 43.7 Å². The van der Waals surface area contributed by atoms with E-state index in [-0.39, 0.29) is 0 Å². The van der Waals surface area contributed by atoms with Crippen molar-refractivity contribution in [1.82, 2.24) is 9.88 Å². The molecule has 4 heteroatoms. The number of likely N-dealkylation sites (tertiary alicyclic amines) is 1. The summed E-state index contributed by atoms with van der Waals surface area (Å²) >= 11 is 0. The molecular formula is C14H23N3O. The summed E-state index contributed by atoms with van der Waals surface area (Å²) < 4.78 is 5.26. The van der Waals surface area contributed by atoms with Crippen LogP contribution in [0, 0.1) is 5.92 Å². The summed E-state index contributed by atoms with van der Waals surface area (Å²) in [5, 5.41) is 3.16. The van der Waals surface area contributed by atoms with Crippen molar-refractivity contribution in [2.45, 2.75) is 19.4 Å². The smallest absolute Gasteiger partial charge is 0.0564 e. The van der Waals surface area contributed by atoms with Crippen molar-refractivity contribution in [3.63, 3.8) is 0 Å². The molecule has 1 aliphatic rings. The quantitative estimate of drug-likeness (QED) is 0.866. The highest BCUT2D eigenvalue weighted by molar-refractivity contribution is 5.42. The van der Waals surface area contributed by atoms with Gasteiger partial charge in [0.05, 0.1) is 12.3 Å². The van der Waals surface area contributed by atoms with Gasteiger partial charge in [-0.15, -0.1) is 0 Å². The van der Waals surface area contributed by atoms with E-state index in [0.29, 0.717) is 5.92 Å². The predicted octanol–water partition coefficient (Wildman–Crippen LogP) is 1.98. The van der Waals surface area contributed by atoms with Crippen LogP contribution in [0.3, 0.4) is 0 Å². The molecule has 2 rings (SSSR count). The molecule has 1 aromatic rings. The second-order valence-electron chi connectivity index (χ2n) is 4.98. The van der Waals surface area contributed by atoms with E-state index in [1.54, 1.807) is 7.11 Å². The summed E-state index contributed by atoms with van der Waals surface area (Å²) in [6.07, 6.45) is 4.42. The van der Waals surface area contributed by atoms with Crippen molar-refractivity contribution < 1.29 is 4.74 Å². The third kappa shape index (κ3) is 3.68. The van der Waals surface area contributed by atoms with Gasteiger partial charge in [0.2, 0.25) is 0 Å². The normalized spacial score (nSPS) is 20.9. The Morgan fingerprint density at radius 2 is 2.44 bits per heavy atom. The average molecular weight is 249 g/mol. The lowest BCUT2D eigenvalue weighted by molar-refractivity contribution is 0.0868. The van der Waals surface area contributed by atoms with Crippen molar-refractivity contribution in [1.29, 1.82) is 0 Å². The summed E-state index contributed by atoms with van der Waals surface area (Å²) in [7, 11) is 3.73. The zero-order chi connectivity index (χ0) is 12.8. The lowest BCUT2D eigenvalue weighted by atomic mass is 9.99. The monoisotopic (exact) mass is 249 g/mol. The minimum atomic E-state index is 0.677. The highest BCUT2D eigenvalue weighted by Crippen LogP contribution is 2.19. The first-order chi connectivity index (χ1) is 8.81. The molecule has 100 valence electrons. The van der Waals surface area contributed by atoms with Crippen LogP contribution >= 0.6 is 0 Å². The van der Waals surface area contributed by atoms with Crippen LogP contribution in [0.15, 0.2) is 18.3 Å². The maximum absolute atomic E-state index is 5.26. The maximum Gasteiger partial charge on any atom is 0.0564 e. The van der Waals surface area contributed by atoms with E-state index >= 15 is 0 Å². The number of anilines is 1. The maximum atomic E-state index is 5.26. The SMILES string of the molecule is CNc1ccnc(CN2CCCC(COC)C2)c1. The Hall–Kier alpha value is -1.13. The van der Waals surface area contributed by atoms with Gasteiger partial charge in [0, 0.05) is 39.1 Å². The van der Waals surface area contributed by atoms with E-state index in [2.05, 4.69) is 21.3 Å². The fourth-order valence-electron chi connectivity index (χ4n) is 2.62. The van der Waals surface area contributed by atoms with E-state index in [4.69, 9.17) is 4.74 Å². The van der Waals surface area contributed by atoms with Crippen LogP contribution in [0.1, 0.15) is 18.5 Å². The number of piperidine rings is 1. The summed E-state index contributed by atoms with van der Waals surface area (Å²) in [6.45, 7) is 4.11. The molecule has 0 aromatic carbocycles. The Morgan fingerprint density at radius 3 is 3.22 bits per heavy atom. The summed E-state index contributed by atoms with van der Waals surface area (Å²) in [6, 6.07) is 4.12. The summed E-state index contributed by atoms with van der Waals surface area (Å²) in [4.78, 5) is 6.92. The van der Waals surface area contributed by atoms with Crippen molar-refractivity contribution in [3.8, 4) is 0 Å². The first-order valence-corrected chi connectivity index (χ1v) is 6.66. The fraction of sp³-hybridized carbons (Fsp3) is 0.643. The predicted molar refractivity (Wildman–Crippen MR) is 73.7 cm³/mol. The molecule has 2 heterocycles. The second kappa shape index (κ2) is 6.71. The molecule has 1 atom stereocenters. The minimum absolute atomic E-state index is 0.677. The van der Waals surface area contributed by atoms with Crippen LogP contribution in [0.25, 0.3) is 0 Å². The highest BCUT2D eigenvalue weighted by Gasteiger charge is 2.20. The number of hydrogen-bond donors (Lipinski definition) is 1.